The van der Waals surface area contributed by atoms with Gasteiger partial charge in [-0.3, -0.25) is 14.4 Å². The molecule has 8 nitrogen and oxygen atoms in total. The summed E-state index contributed by atoms with van der Waals surface area (Å²) >= 11 is 0. The number of hydrogen-bond donors (Lipinski definition) is 0. The molecule has 1 aliphatic carbocycles. The van der Waals surface area contributed by atoms with Gasteiger partial charge in [0.05, 0.1) is 23.9 Å². The van der Waals surface area contributed by atoms with Gasteiger partial charge in [-0.15, -0.1) is 0 Å². The molecule has 0 bridgehead atoms. The van der Waals surface area contributed by atoms with Gasteiger partial charge >= 0.3 is 0 Å². The van der Waals surface area contributed by atoms with Crippen molar-refractivity contribution in [2.75, 3.05) is 13.1 Å². The first-order valence-electron chi connectivity index (χ1n) is 13.3. The van der Waals surface area contributed by atoms with E-state index in [0.29, 0.717) is 49.1 Å². The van der Waals surface area contributed by atoms with Crippen LogP contribution in [0.1, 0.15) is 67.4 Å². The highest BCUT2D eigenvalue weighted by Crippen LogP contribution is 2.35. The Bertz CT molecular complexity index is 1340. The maximum atomic E-state index is 13.1. The van der Waals surface area contributed by atoms with Crippen molar-refractivity contribution in [2.24, 2.45) is 11.8 Å². The van der Waals surface area contributed by atoms with Gasteiger partial charge in [-0.05, 0) is 60.9 Å². The maximum absolute atomic E-state index is 13.1. The van der Waals surface area contributed by atoms with Crippen LogP contribution in [0.5, 0.6) is 5.75 Å². The van der Waals surface area contributed by atoms with Gasteiger partial charge in [-0.25, -0.2) is 8.42 Å². The Morgan fingerprint density at radius 2 is 1.68 bits per heavy atom. The van der Waals surface area contributed by atoms with Gasteiger partial charge in [0.15, 0.2) is 5.78 Å². The van der Waals surface area contributed by atoms with E-state index in [4.69, 9.17) is 4.74 Å². The van der Waals surface area contributed by atoms with E-state index in [1.54, 1.807) is 51.7 Å². The van der Waals surface area contributed by atoms with E-state index in [1.165, 1.54) is 0 Å². The van der Waals surface area contributed by atoms with E-state index in [1.807, 2.05) is 0 Å². The summed E-state index contributed by atoms with van der Waals surface area (Å²) in [6.45, 7) is 5.95. The van der Waals surface area contributed by atoms with Crippen molar-refractivity contribution in [1.82, 2.24) is 9.21 Å². The molecule has 2 aromatic rings. The number of amides is 1. The zero-order valence-corrected chi connectivity index (χ0v) is 22.7. The molecule has 0 spiro atoms. The number of hydrogen-bond acceptors (Lipinski definition) is 6. The number of piperidine rings is 1. The molecule has 1 unspecified atom stereocenters. The maximum Gasteiger partial charge on any atom is 0.255 e. The molecule has 2 fully saturated rings. The highest BCUT2D eigenvalue weighted by atomic mass is 32.2. The first-order valence-corrected chi connectivity index (χ1v) is 14.8. The standard InChI is InChI=1S/C29H34N2O6S/c1-19(2)21-12-14-30(15-13-21)38(35,36)23-9-6-20(7-10-23)18-37-28-5-3-4-24-25(28)17-31(29(24)34)26-11-8-22(32)16-27(26)33/h3-7,9-10,19,21,26H,8,11-18H2,1-2H3. The molecule has 38 heavy (non-hydrogen) atoms. The number of nitrogens with zero attached hydrogens (tertiary/aromatic N) is 2. The Kier molecular flexibility index (Phi) is 7.42. The molecule has 9 heteroatoms. The molecule has 1 saturated heterocycles. The van der Waals surface area contributed by atoms with Crippen LogP contribution in [0.15, 0.2) is 47.4 Å². The second kappa shape index (κ2) is 10.6. The zero-order valence-electron chi connectivity index (χ0n) is 21.9. The van der Waals surface area contributed by atoms with E-state index in [2.05, 4.69) is 13.8 Å². The lowest BCUT2D eigenvalue weighted by Gasteiger charge is -2.33. The lowest BCUT2D eigenvalue weighted by atomic mass is 9.87. The molecule has 0 radical (unpaired) electrons. The summed E-state index contributed by atoms with van der Waals surface area (Å²) < 4.78 is 33.9. The molecular formula is C29H34N2O6S. The summed E-state index contributed by atoms with van der Waals surface area (Å²) in [7, 11) is -3.53. The summed E-state index contributed by atoms with van der Waals surface area (Å²) in [5.74, 6) is 1.19. The molecular weight excluding hydrogens is 504 g/mol. The van der Waals surface area contributed by atoms with E-state index >= 15 is 0 Å². The molecule has 0 aromatic heterocycles. The lowest BCUT2D eigenvalue weighted by molar-refractivity contribution is -0.133. The number of carbonyl (C=O) groups excluding carboxylic acids is 3. The average Bonchev–Trinajstić information content (AvgIpc) is 3.24. The molecule has 202 valence electrons. The van der Waals surface area contributed by atoms with Crippen LogP contribution >= 0.6 is 0 Å². The van der Waals surface area contributed by atoms with E-state index in [0.717, 1.165) is 24.0 Å². The minimum atomic E-state index is -3.53. The summed E-state index contributed by atoms with van der Waals surface area (Å²) in [6, 6.07) is 11.5. The number of benzene rings is 2. The van der Waals surface area contributed by atoms with Crippen LogP contribution in [-0.4, -0.2) is 54.2 Å². The third-order valence-corrected chi connectivity index (χ3v) is 10.1. The number of sulfonamides is 1. The first kappa shape index (κ1) is 26.6. The molecule has 1 amide bonds. The molecule has 2 aromatic carbocycles. The van der Waals surface area contributed by atoms with Gasteiger partial charge in [-0.1, -0.05) is 32.0 Å². The Balaban J connectivity index is 1.23. The fourth-order valence-electron chi connectivity index (χ4n) is 5.75. The zero-order chi connectivity index (χ0) is 27.0. The predicted molar refractivity (Wildman–Crippen MR) is 141 cm³/mol. The molecule has 1 atom stereocenters. The van der Waals surface area contributed by atoms with Crippen LogP contribution < -0.4 is 4.74 Å². The van der Waals surface area contributed by atoms with Crippen LogP contribution in [0.4, 0.5) is 0 Å². The Hall–Kier alpha value is -3.04. The number of carbonyl (C=O) groups is 3. The number of fused-ring (bicyclic) bond motifs is 1. The minimum Gasteiger partial charge on any atom is -0.489 e. The van der Waals surface area contributed by atoms with Crippen molar-refractivity contribution in [1.29, 1.82) is 0 Å². The van der Waals surface area contributed by atoms with Crippen molar-refractivity contribution in [2.45, 2.75) is 70.0 Å². The molecule has 2 aliphatic heterocycles. The highest BCUT2D eigenvalue weighted by Gasteiger charge is 2.40. The fraction of sp³-hybridized carbons (Fsp3) is 0.483. The number of ether oxygens (including phenoxy) is 1. The Labute approximate surface area is 224 Å². The largest absolute Gasteiger partial charge is 0.489 e. The van der Waals surface area contributed by atoms with Gasteiger partial charge in [0.25, 0.3) is 5.91 Å². The van der Waals surface area contributed by atoms with Gasteiger partial charge < -0.3 is 9.64 Å². The normalized spacial score (nSPS) is 21.3. The fourth-order valence-corrected chi connectivity index (χ4v) is 7.22. The minimum absolute atomic E-state index is 0.0751. The molecule has 2 heterocycles. The molecule has 3 aliphatic rings. The first-order chi connectivity index (χ1) is 18.1. The highest BCUT2D eigenvalue weighted by molar-refractivity contribution is 7.89. The lowest BCUT2D eigenvalue weighted by Crippen LogP contribution is -2.44. The van der Waals surface area contributed by atoms with Crippen molar-refractivity contribution in [3.63, 3.8) is 0 Å². The molecule has 5 rings (SSSR count). The third-order valence-electron chi connectivity index (χ3n) is 8.17. The third kappa shape index (κ3) is 5.14. The van der Waals surface area contributed by atoms with Gasteiger partial charge in [0, 0.05) is 30.6 Å². The quantitative estimate of drug-likeness (QED) is 0.495. The van der Waals surface area contributed by atoms with Crippen LogP contribution in [-0.2, 0) is 32.8 Å². The van der Waals surface area contributed by atoms with Gasteiger partial charge in [-0.2, -0.15) is 4.31 Å². The summed E-state index contributed by atoms with van der Waals surface area (Å²) in [5.41, 5.74) is 2.04. The second-order valence-electron chi connectivity index (χ2n) is 10.9. The summed E-state index contributed by atoms with van der Waals surface area (Å²) in [4.78, 5) is 38.9. The van der Waals surface area contributed by atoms with Gasteiger partial charge in [0.2, 0.25) is 10.0 Å². The monoisotopic (exact) mass is 538 g/mol. The van der Waals surface area contributed by atoms with Crippen molar-refractivity contribution < 1.29 is 27.5 Å². The Morgan fingerprint density at radius 3 is 2.34 bits per heavy atom. The number of rotatable bonds is 7. The van der Waals surface area contributed by atoms with Crippen LogP contribution in [0.2, 0.25) is 0 Å². The van der Waals surface area contributed by atoms with Gasteiger partial charge in [0.1, 0.15) is 18.1 Å². The smallest absolute Gasteiger partial charge is 0.255 e. The van der Waals surface area contributed by atoms with Crippen molar-refractivity contribution in [3.8, 4) is 5.75 Å². The topological polar surface area (TPSA) is 101 Å². The number of ketones is 2. The van der Waals surface area contributed by atoms with Crippen LogP contribution in [0.25, 0.3) is 0 Å². The molecule has 1 saturated carbocycles. The van der Waals surface area contributed by atoms with Crippen molar-refractivity contribution >= 4 is 27.5 Å². The predicted octanol–water partition coefficient (Wildman–Crippen LogP) is 3.97. The molecule has 0 N–H and O–H groups in total. The Morgan fingerprint density at radius 1 is 0.974 bits per heavy atom. The van der Waals surface area contributed by atoms with E-state index in [-0.39, 0.29) is 41.9 Å². The second-order valence-corrected chi connectivity index (χ2v) is 12.8. The SMILES string of the molecule is CC(C)C1CCN(S(=O)(=O)c2ccc(COc3cccc4c3CN(C3CCC(=O)CC3=O)C4=O)cc2)CC1. The van der Waals surface area contributed by atoms with Crippen LogP contribution in [0, 0.1) is 11.8 Å². The van der Waals surface area contributed by atoms with Crippen molar-refractivity contribution in [3.05, 3.63) is 59.2 Å². The summed E-state index contributed by atoms with van der Waals surface area (Å²) in [6.07, 6.45) is 2.32. The summed E-state index contributed by atoms with van der Waals surface area (Å²) in [5, 5.41) is 0. The van der Waals surface area contributed by atoms with E-state index < -0.39 is 16.1 Å². The average molecular weight is 539 g/mol. The van der Waals surface area contributed by atoms with Crippen LogP contribution in [0.3, 0.4) is 0 Å². The van der Waals surface area contributed by atoms with E-state index in [9.17, 15) is 22.8 Å². The number of Topliss-reactive ketones (excluding diaryl/α,β-unsaturated/α-hetero) is 2.